The number of Topliss-reactive ketones (excluding diaryl/α,β-unsaturated/α-hetero) is 1. The van der Waals surface area contributed by atoms with Crippen LogP contribution in [-0.4, -0.2) is 28.3 Å². The standard InChI is InChI=1S/C19H20F4N2OS/c1-11-4-3-7-25(11)10-16-18(24-17(27-16)8-12(2)26)13-5-6-15(20)14(9-13)19(21,22)23/h5-6,9,11H,3-4,7-8,10H2,1-2H3/t11-/m1/s1. The second-order valence-corrected chi connectivity index (χ2v) is 8.08. The number of hydrogen-bond acceptors (Lipinski definition) is 4. The highest BCUT2D eigenvalue weighted by molar-refractivity contribution is 7.12. The molecule has 8 heteroatoms. The quantitative estimate of drug-likeness (QED) is 0.656. The van der Waals surface area contributed by atoms with E-state index < -0.39 is 17.6 Å². The van der Waals surface area contributed by atoms with E-state index in [1.165, 1.54) is 24.3 Å². The van der Waals surface area contributed by atoms with Gasteiger partial charge in [-0.15, -0.1) is 11.3 Å². The lowest BCUT2D eigenvalue weighted by molar-refractivity contribution is -0.140. The van der Waals surface area contributed by atoms with Crippen LogP contribution < -0.4 is 0 Å². The summed E-state index contributed by atoms with van der Waals surface area (Å²) in [6, 6.07) is 3.33. The first-order valence-corrected chi connectivity index (χ1v) is 9.56. The normalized spacial score (nSPS) is 18.2. The minimum Gasteiger partial charge on any atom is -0.300 e. The van der Waals surface area contributed by atoms with Gasteiger partial charge in [-0.1, -0.05) is 0 Å². The van der Waals surface area contributed by atoms with E-state index in [9.17, 15) is 22.4 Å². The number of thiazole rings is 1. The van der Waals surface area contributed by atoms with Crippen molar-refractivity contribution in [3.63, 3.8) is 0 Å². The molecule has 0 bridgehead atoms. The molecule has 1 saturated heterocycles. The van der Waals surface area contributed by atoms with Gasteiger partial charge in [0.1, 0.15) is 16.6 Å². The van der Waals surface area contributed by atoms with Crippen molar-refractivity contribution in [1.29, 1.82) is 0 Å². The smallest absolute Gasteiger partial charge is 0.300 e. The molecular weight excluding hydrogens is 380 g/mol. The molecule has 0 spiro atoms. The van der Waals surface area contributed by atoms with E-state index in [0.717, 1.165) is 36.4 Å². The summed E-state index contributed by atoms with van der Waals surface area (Å²) >= 11 is 1.34. The van der Waals surface area contributed by atoms with Gasteiger partial charge in [0.2, 0.25) is 0 Å². The van der Waals surface area contributed by atoms with Gasteiger partial charge >= 0.3 is 6.18 Å². The molecule has 1 atom stereocenters. The average Bonchev–Trinajstić information content (AvgIpc) is 3.13. The zero-order chi connectivity index (χ0) is 19.8. The Hall–Kier alpha value is -1.80. The van der Waals surface area contributed by atoms with Gasteiger partial charge in [0.25, 0.3) is 0 Å². The molecule has 0 radical (unpaired) electrons. The summed E-state index contributed by atoms with van der Waals surface area (Å²) in [5, 5.41) is 0.567. The van der Waals surface area contributed by atoms with Crippen molar-refractivity contribution in [2.24, 2.45) is 0 Å². The third-order valence-electron chi connectivity index (χ3n) is 4.72. The van der Waals surface area contributed by atoms with Crippen LogP contribution in [0.1, 0.15) is 42.1 Å². The number of hydrogen-bond donors (Lipinski definition) is 0. The maximum Gasteiger partial charge on any atom is 0.419 e. The molecule has 3 rings (SSSR count). The van der Waals surface area contributed by atoms with Crippen molar-refractivity contribution in [3.05, 3.63) is 39.5 Å². The Kier molecular flexibility index (Phi) is 5.67. The molecule has 0 amide bonds. The molecule has 2 heterocycles. The zero-order valence-electron chi connectivity index (χ0n) is 15.1. The summed E-state index contributed by atoms with van der Waals surface area (Å²) in [5.74, 6) is -1.37. The number of ketones is 1. The molecule has 2 aromatic rings. The monoisotopic (exact) mass is 400 g/mol. The van der Waals surface area contributed by atoms with E-state index in [1.54, 1.807) is 0 Å². The largest absolute Gasteiger partial charge is 0.419 e. The van der Waals surface area contributed by atoms with Crippen LogP contribution in [0.5, 0.6) is 0 Å². The Labute approximate surface area is 159 Å². The summed E-state index contributed by atoms with van der Waals surface area (Å²) in [4.78, 5) is 18.9. The second kappa shape index (κ2) is 7.67. The predicted octanol–water partition coefficient (Wildman–Crippen LogP) is 5.08. The van der Waals surface area contributed by atoms with Crippen LogP contribution >= 0.6 is 11.3 Å². The summed E-state index contributed by atoms with van der Waals surface area (Å²) in [6.07, 6.45) is -2.49. The fourth-order valence-electron chi connectivity index (χ4n) is 3.32. The van der Waals surface area contributed by atoms with Gasteiger partial charge < -0.3 is 0 Å². The lowest BCUT2D eigenvalue weighted by Crippen LogP contribution is -2.25. The van der Waals surface area contributed by atoms with Crippen molar-refractivity contribution >= 4 is 17.1 Å². The number of aromatic nitrogens is 1. The van der Waals surface area contributed by atoms with Gasteiger partial charge in [-0.05, 0) is 51.4 Å². The Morgan fingerprint density at radius 1 is 1.37 bits per heavy atom. The van der Waals surface area contributed by atoms with Crippen molar-refractivity contribution in [2.45, 2.75) is 51.9 Å². The van der Waals surface area contributed by atoms with Gasteiger partial charge in [-0.3, -0.25) is 9.69 Å². The number of carbonyl (C=O) groups excluding carboxylic acids is 1. The SMILES string of the molecule is CC(=O)Cc1nc(-c2ccc(F)c(C(F)(F)F)c2)c(CN2CCC[C@H]2C)s1. The van der Waals surface area contributed by atoms with Crippen LogP contribution in [-0.2, 0) is 23.9 Å². The number of benzene rings is 1. The molecule has 1 aromatic carbocycles. The Morgan fingerprint density at radius 3 is 2.70 bits per heavy atom. The maximum absolute atomic E-state index is 13.6. The summed E-state index contributed by atoms with van der Waals surface area (Å²) in [7, 11) is 0. The molecule has 1 aliphatic rings. The minimum absolute atomic E-state index is 0.0634. The molecule has 0 N–H and O–H groups in total. The van der Waals surface area contributed by atoms with Crippen molar-refractivity contribution in [1.82, 2.24) is 9.88 Å². The summed E-state index contributed by atoms with van der Waals surface area (Å²) < 4.78 is 52.9. The van der Waals surface area contributed by atoms with Crippen LogP contribution in [0.3, 0.4) is 0 Å². The maximum atomic E-state index is 13.6. The fourth-order valence-corrected chi connectivity index (χ4v) is 4.51. The molecular formula is C19H20F4N2OS. The first-order chi connectivity index (χ1) is 12.6. The Morgan fingerprint density at radius 2 is 2.11 bits per heavy atom. The van der Waals surface area contributed by atoms with Crippen LogP contribution in [0.15, 0.2) is 18.2 Å². The molecule has 1 aliphatic heterocycles. The first kappa shape index (κ1) is 19.9. The summed E-state index contributed by atoms with van der Waals surface area (Å²) in [6.45, 7) is 5.04. The third-order valence-corrected chi connectivity index (χ3v) is 5.76. The van der Waals surface area contributed by atoms with Crippen LogP contribution in [0.25, 0.3) is 11.3 Å². The van der Waals surface area contributed by atoms with Gasteiger partial charge in [-0.2, -0.15) is 13.2 Å². The highest BCUT2D eigenvalue weighted by Crippen LogP contribution is 2.37. The lowest BCUT2D eigenvalue weighted by atomic mass is 10.1. The fraction of sp³-hybridized carbons (Fsp3) is 0.474. The van der Waals surface area contributed by atoms with Crippen molar-refractivity contribution < 1.29 is 22.4 Å². The third kappa shape index (κ3) is 4.55. The average molecular weight is 400 g/mol. The van der Waals surface area contributed by atoms with Crippen LogP contribution in [0, 0.1) is 5.82 Å². The van der Waals surface area contributed by atoms with Crippen LogP contribution in [0.4, 0.5) is 17.6 Å². The zero-order valence-corrected chi connectivity index (χ0v) is 15.9. The molecule has 3 nitrogen and oxygen atoms in total. The molecule has 0 aliphatic carbocycles. The lowest BCUT2D eigenvalue weighted by Gasteiger charge is -2.20. The van der Waals surface area contributed by atoms with Crippen molar-refractivity contribution in [3.8, 4) is 11.3 Å². The number of likely N-dealkylation sites (tertiary alicyclic amines) is 1. The molecule has 0 saturated carbocycles. The Balaban J connectivity index is 2.02. The molecule has 0 unspecified atom stereocenters. The number of carbonyl (C=O) groups is 1. The highest BCUT2D eigenvalue weighted by atomic mass is 32.1. The van der Waals surface area contributed by atoms with Crippen LogP contribution in [0.2, 0.25) is 0 Å². The van der Waals surface area contributed by atoms with Gasteiger partial charge in [0.15, 0.2) is 0 Å². The van der Waals surface area contributed by atoms with E-state index in [2.05, 4.69) is 16.8 Å². The van der Waals surface area contributed by atoms with E-state index >= 15 is 0 Å². The number of halogens is 4. The van der Waals surface area contributed by atoms with E-state index in [4.69, 9.17) is 0 Å². The number of nitrogens with zero attached hydrogens (tertiary/aromatic N) is 2. The summed E-state index contributed by atoms with van der Waals surface area (Å²) in [5.41, 5.74) is -0.681. The predicted molar refractivity (Wildman–Crippen MR) is 96.0 cm³/mol. The Bertz CT molecular complexity index is 847. The van der Waals surface area contributed by atoms with E-state index in [-0.39, 0.29) is 17.8 Å². The molecule has 1 aromatic heterocycles. The molecule has 1 fully saturated rings. The van der Waals surface area contributed by atoms with E-state index in [0.29, 0.717) is 23.3 Å². The number of rotatable bonds is 5. The van der Waals surface area contributed by atoms with Gasteiger partial charge in [-0.25, -0.2) is 9.37 Å². The van der Waals surface area contributed by atoms with E-state index in [1.807, 2.05) is 0 Å². The van der Waals surface area contributed by atoms with Gasteiger partial charge in [0, 0.05) is 23.0 Å². The molecule has 27 heavy (non-hydrogen) atoms. The van der Waals surface area contributed by atoms with Crippen molar-refractivity contribution in [2.75, 3.05) is 6.54 Å². The highest BCUT2D eigenvalue weighted by Gasteiger charge is 2.35. The van der Waals surface area contributed by atoms with Gasteiger partial charge in [0.05, 0.1) is 17.7 Å². The molecule has 146 valence electrons. The first-order valence-electron chi connectivity index (χ1n) is 8.74. The topological polar surface area (TPSA) is 33.2 Å². The number of alkyl halides is 3. The minimum atomic E-state index is -4.78. The second-order valence-electron chi connectivity index (χ2n) is 6.91.